The average molecular weight is 1240 g/mol. The topological polar surface area (TPSA) is 38.9 Å². The molecule has 5 nitrogen and oxygen atoms in total. The zero-order valence-electron chi connectivity index (χ0n) is 45.8. The van der Waals surface area contributed by atoms with Crippen LogP contribution in [0.1, 0.15) is 16.7 Å². The normalized spacial score (nSPS) is 11.7. The molecular weight excluding hydrogens is 1190 g/mol. The zero-order chi connectivity index (χ0) is 57.3. The molecule has 0 aliphatic rings. The number of aryl methyl sites for hydroxylation is 3. The van der Waals surface area contributed by atoms with Crippen LogP contribution in [0.4, 0.5) is 30.2 Å². The fourth-order valence-electron chi connectivity index (χ4n) is 12.4. The highest BCUT2D eigenvalue weighted by molar-refractivity contribution is 14.1. The van der Waals surface area contributed by atoms with E-state index in [9.17, 15) is 13.2 Å². The van der Waals surface area contributed by atoms with Crippen LogP contribution in [-0.2, 0) is 12.8 Å². The summed E-state index contributed by atoms with van der Waals surface area (Å²) in [4.78, 5) is 2.27. The molecule has 15 aromatic rings. The lowest BCUT2D eigenvalue weighted by molar-refractivity contribution is 0.626. The van der Waals surface area contributed by atoms with Crippen molar-refractivity contribution in [3.05, 3.63) is 292 Å². The number of rotatable bonds is 12. The van der Waals surface area contributed by atoms with Crippen LogP contribution in [0.3, 0.4) is 0 Å². The van der Waals surface area contributed by atoms with Gasteiger partial charge < -0.3 is 14.0 Å². The number of hydrogen-bond donors (Lipinski definition) is 0. The van der Waals surface area contributed by atoms with Crippen LogP contribution in [0.25, 0.3) is 111 Å². The Morgan fingerprint density at radius 3 is 1.67 bits per heavy atom. The van der Waals surface area contributed by atoms with Crippen molar-refractivity contribution >= 4 is 106 Å². The Morgan fingerprint density at radius 2 is 0.941 bits per heavy atom. The summed E-state index contributed by atoms with van der Waals surface area (Å²) in [6, 6.07) is 85.3. The van der Waals surface area contributed by atoms with E-state index >= 15 is 0 Å². The van der Waals surface area contributed by atoms with Crippen LogP contribution in [0.5, 0.6) is 0 Å². The van der Waals surface area contributed by atoms with Gasteiger partial charge in [-0.3, -0.25) is 0 Å². The molecule has 0 amide bonds. The maximum Gasteiger partial charge on any atom is 0.129 e. The van der Waals surface area contributed by atoms with Crippen LogP contribution in [0.15, 0.2) is 255 Å². The van der Waals surface area contributed by atoms with E-state index in [4.69, 9.17) is 8.75 Å². The molecule has 0 aliphatic heterocycles. The van der Waals surface area contributed by atoms with Gasteiger partial charge in [-0.1, -0.05) is 121 Å². The minimum atomic E-state index is -0.272. The van der Waals surface area contributed by atoms with Gasteiger partial charge in [0.05, 0.1) is 39.5 Å². The van der Waals surface area contributed by atoms with Crippen molar-refractivity contribution in [2.45, 2.75) is 19.8 Å². The standard InChI is InChI=1S/C75H49F3IN5S/c1-46-42-52(20-36-62(46)63-7-3-2-6-50(63)13-10-47-11-22-54(76)23-12-47)48-14-28-58(29-15-48)82(59-30-16-49(17-31-59)53-21-37-66-65-8-4-5-9-69(65)84(73(66)43-53)61-34-24-55(77)25-35-61)72-41-38-64(74-75(72)81-85-80-74)51-18-32-60(33-19-51)83-70-39-26-56(78)44-67(70)68-45-57(79)27-40-71(68)83/h2-9,11-12,14-45H,10,13H2,1H3. The molecule has 0 N–H and O–H groups in total. The van der Waals surface area contributed by atoms with E-state index in [0.717, 1.165) is 138 Å². The van der Waals surface area contributed by atoms with Crippen molar-refractivity contribution < 1.29 is 13.2 Å². The summed E-state index contributed by atoms with van der Waals surface area (Å²) >= 11 is 3.51. The zero-order valence-corrected chi connectivity index (χ0v) is 48.8. The monoisotopic (exact) mass is 1240 g/mol. The van der Waals surface area contributed by atoms with Gasteiger partial charge in [0.15, 0.2) is 0 Å². The largest absolute Gasteiger partial charge is 0.309 e. The molecule has 0 saturated carbocycles. The fraction of sp³-hybridized carbons (Fsp3) is 0.0400. The van der Waals surface area contributed by atoms with Gasteiger partial charge in [0.25, 0.3) is 0 Å². The molecule has 0 radical (unpaired) electrons. The summed E-state index contributed by atoms with van der Waals surface area (Å²) in [7, 11) is 0. The quantitative estimate of drug-likeness (QED) is 0.114. The molecule has 0 bridgehead atoms. The molecule has 0 saturated heterocycles. The second-order valence-corrected chi connectivity index (χ2v) is 23.4. The third-order valence-electron chi connectivity index (χ3n) is 16.6. The van der Waals surface area contributed by atoms with Crippen LogP contribution in [0, 0.1) is 27.9 Å². The molecule has 0 spiro atoms. The molecular formula is C75H49F3IN5S. The molecule has 85 heavy (non-hydrogen) atoms. The van der Waals surface area contributed by atoms with Crippen molar-refractivity contribution in [1.82, 2.24) is 17.9 Å². The highest BCUT2D eigenvalue weighted by Crippen LogP contribution is 2.44. The molecule has 0 atom stereocenters. The lowest BCUT2D eigenvalue weighted by atomic mass is 9.91. The van der Waals surface area contributed by atoms with Crippen LogP contribution < -0.4 is 4.90 Å². The van der Waals surface area contributed by atoms with Gasteiger partial charge >= 0.3 is 0 Å². The van der Waals surface area contributed by atoms with Crippen molar-refractivity contribution in [2.75, 3.05) is 4.90 Å². The van der Waals surface area contributed by atoms with E-state index in [2.05, 4.69) is 226 Å². The number of halogens is 4. The second-order valence-electron chi connectivity index (χ2n) is 21.6. The van der Waals surface area contributed by atoms with E-state index in [1.807, 2.05) is 36.4 Å². The van der Waals surface area contributed by atoms with E-state index in [1.54, 1.807) is 6.07 Å². The fourth-order valence-corrected chi connectivity index (χ4v) is 13.5. The summed E-state index contributed by atoms with van der Waals surface area (Å²) < 4.78 is 58.1. The minimum Gasteiger partial charge on any atom is -0.309 e. The summed E-state index contributed by atoms with van der Waals surface area (Å²) in [6.07, 6.45) is 1.67. The highest BCUT2D eigenvalue weighted by atomic mass is 127. The number of hydrogen-bond acceptors (Lipinski definition) is 4. The third-order valence-corrected chi connectivity index (χ3v) is 17.8. The molecule has 10 heteroatoms. The first-order valence-corrected chi connectivity index (χ1v) is 30.0. The Kier molecular flexibility index (Phi) is 13.2. The van der Waals surface area contributed by atoms with Gasteiger partial charge in [-0.2, -0.15) is 8.75 Å². The van der Waals surface area contributed by atoms with E-state index in [0.29, 0.717) is 0 Å². The SMILES string of the molecule is Cc1cc(-c2ccc(N(c3ccc(-c4ccc5c6ccccc6n(-c6ccc(F)cc6)c5c4)cc3)c3ccc(-c4ccc(-n5c6ccc(F)cc6c6cc(I)ccc65)cc4)c4nsnc34)cc2)ccc1-c1ccccc1CCc1ccc(F)cc1. The Labute approximate surface area is 506 Å². The Morgan fingerprint density at radius 1 is 0.400 bits per heavy atom. The van der Waals surface area contributed by atoms with Crippen LogP contribution in [0.2, 0.25) is 0 Å². The van der Waals surface area contributed by atoms with E-state index in [-0.39, 0.29) is 17.5 Å². The van der Waals surface area contributed by atoms with Crippen molar-refractivity contribution in [1.29, 1.82) is 0 Å². The maximum absolute atomic E-state index is 14.7. The summed E-state index contributed by atoms with van der Waals surface area (Å²) in [6.45, 7) is 2.18. The maximum atomic E-state index is 14.7. The van der Waals surface area contributed by atoms with Crippen molar-refractivity contribution in [2.24, 2.45) is 0 Å². The number of nitrogens with zero attached hydrogens (tertiary/aromatic N) is 5. The second kappa shape index (κ2) is 21.5. The third kappa shape index (κ3) is 9.51. The number of benzene rings is 12. The van der Waals surface area contributed by atoms with Crippen LogP contribution in [-0.4, -0.2) is 17.9 Å². The molecule has 3 aromatic heterocycles. The summed E-state index contributed by atoms with van der Waals surface area (Å²) in [5.41, 5.74) is 22.5. The molecule has 0 unspecified atom stereocenters. The van der Waals surface area contributed by atoms with Crippen LogP contribution >= 0.6 is 34.3 Å². The summed E-state index contributed by atoms with van der Waals surface area (Å²) in [5, 5.41) is 4.14. The predicted molar refractivity (Wildman–Crippen MR) is 354 cm³/mol. The molecule has 15 rings (SSSR count). The van der Waals surface area contributed by atoms with Gasteiger partial charge in [-0.15, -0.1) is 0 Å². The lowest BCUT2D eigenvalue weighted by Crippen LogP contribution is -2.10. The summed E-state index contributed by atoms with van der Waals surface area (Å²) in [5.74, 6) is -0.752. The lowest BCUT2D eigenvalue weighted by Gasteiger charge is -2.26. The number of para-hydroxylation sites is 1. The molecule has 12 aromatic carbocycles. The smallest absolute Gasteiger partial charge is 0.129 e. The van der Waals surface area contributed by atoms with Gasteiger partial charge in [-0.25, -0.2) is 13.2 Å². The Bertz CT molecular complexity index is 4990. The van der Waals surface area contributed by atoms with E-state index < -0.39 is 0 Å². The number of anilines is 3. The van der Waals surface area contributed by atoms with Gasteiger partial charge in [-0.05, 0) is 231 Å². The molecule has 0 fully saturated rings. The number of aromatic nitrogens is 4. The van der Waals surface area contributed by atoms with E-state index in [1.165, 1.54) is 64.3 Å². The van der Waals surface area contributed by atoms with Gasteiger partial charge in [0.2, 0.25) is 0 Å². The van der Waals surface area contributed by atoms with Crippen molar-refractivity contribution in [3.8, 4) is 55.9 Å². The average Bonchev–Trinajstić information content (AvgIpc) is 4.41. The first kappa shape index (κ1) is 52.2. The molecule has 0 aliphatic carbocycles. The first-order chi connectivity index (χ1) is 41.7. The van der Waals surface area contributed by atoms with Gasteiger partial charge in [0.1, 0.15) is 28.5 Å². The van der Waals surface area contributed by atoms with Crippen molar-refractivity contribution in [3.63, 3.8) is 0 Å². The predicted octanol–water partition coefficient (Wildman–Crippen LogP) is 21.1. The number of fused-ring (bicyclic) bond motifs is 7. The Balaban J connectivity index is 0.794. The molecule has 3 heterocycles. The van der Waals surface area contributed by atoms with Gasteiger partial charge in [0, 0.05) is 53.4 Å². The minimum absolute atomic E-state index is 0.219. The Hall–Kier alpha value is -9.62. The first-order valence-electron chi connectivity index (χ1n) is 28.2. The molecule has 408 valence electrons. The highest BCUT2D eigenvalue weighted by Gasteiger charge is 2.22.